The number of hydrogen-bond acceptors (Lipinski definition) is 7. The summed E-state index contributed by atoms with van der Waals surface area (Å²) in [7, 11) is 2.09. The SMILES string of the molecule is Cc1nc2ncnn2c(C)c1CCC(=O)N1C[C@@H]2[C@H](CO)[C@H]3CN(C)C[C@]2(C1)O3. The molecule has 3 fully saturated rings. The van der Waals surface area contributed by atoms with Gasteiger partial charge in [-0.05, 0) is 32.9 Å². The van der Waals surface area contributed by atoms with Crippen LogP contribution < -0.4 is 0 Å². The van der Waals surface area contributed by atoms with Crippen LogP contribution in [0.5, 0.6) is 0 Å². The van der Waals surface area contributed by atoms with Gasteiger partial charge in [0.15, 0.2) is 0 Å². The number of carbonyl (C=O) groups excluding carboxylic acids is 1. The maximum Gasteiger partial charge on any atom is 0.252 e. The molecule has 156 valence electrons. The number of morpholine rings is 1. The Morgan fingerprint density at radius 3 is 2.97 bits per heavy atom. The standard InChI is InChI=1S/C20H28N6O3/c1-12-14(13(2)26-19(23-12)21-11-22-26)4-5-18(28)25-6-16-15(8-27)17-7-24(3)9-20(16,10-25)29-17/h11,15-17,27H,4-10H2,1-3H3/t15-,16+,17+,20+/m0/s1. The predicted octanol–water partition coefficient (Wildman–Crippen LogP) is -0.176. The van der Waals surface area contributed by atoms with Crippen molar-refractivity contribution in [1.82, 2.24) is 29.4 Å². The molecule has 5 rings (SSSR count). The van der Waals surface area contributed by atoms with Crippen LogP contribution in [-0.4, -0.2) is 91.9 Å². The van der Waals surface area contributed by atoms with Gasteiger partial charge in [-0.3, -0.25) is 4.79 Å². The number of likely N-dealkylation sites (tertiary alicyclic amines) is 2. The maximum absolute atomic E-state index is 13.1. The quantitative estimate of drug-likeness (QED) is 0.761. The Morgan fingerprint density at radius 2 is 2.17 bits per heavy atom. The number of hydrogen-bond donors (Lipinski definition) is 1. The fourth-order valence-electron chi connectivity index (χ4n) is 5.75. The summed E-state index contributed by atoms with van der Waals surface area (Å²) in [4.78, 5) is 25.9. The average molecular weight is 400 g/mol. The van der Waals surface area contributed by atoms with Crippen LogP contribution in [0.25, 0.3) is 5.78 Å². The Morgan fingerprint density at radius 1 is 1.34 bits per heavy atom. The van der Waals surface area contributed by atoms with E-state index in [1.54, 1.807) is 4.52 Å². The maximum atomic E-state index is 13.1. The second-order valence-corrected chi connectivity index (χ2v) is 8.88. The molecule has 0 aliphatic carbocycles. The molecule has 2 bridgehead atoms. The lowest BCUT2D eigenvalue weighted by Crippen LogP contribution is -2.53. The Kier molecular flexibility index (Phi) is 4.38. The number of carbonyl (C=O) groups is 1. The normalized spacial score (nSPS) is 31.6. The Balaban J connectivity index is 1.31. The Bertz CT molecular complexity index is 961. The first-order valence-corrected chi connectivity index (χ1v) is 10.3. The van der Waals surface area contributed by atoms with Crippen molar-refractivity contribution in [3.05, 3.63) is 23.3 Å². The van der Waals surface area contributed by atoms with Crippen LogP contribution >= 0.6 is 0 Å². The summed E-state index contributed by atoms with van der Waals surface area (Å²) in [5, 5.41) is 14.2. The highest BCUT2D eigenvalue weighted by Gasteiger charge is 2.62. The molecule has 1 spiro atoms. The van der Waals surface area contributed by atoms with Crippen molar-refractivity contribution in [3.63, 3.8) is 0 Å². The number of rotatable bonds is 4. The zero-order chi connectivity index (χ0) is 20.3. The smallest absolute Gasteiger partial charge is 0.252 e. The van der Waals surface area contributed by atoms with Gasteiger partial charge in [-0.2, -0.15) is 10.1 Å². The zero-order valence-electron chi connectivity index (χ0n) is 17.2. The van der Waals surface area contributed by atoms with Gasteiger partial charge in [0.2, 0.25) is 5.91 Å². The van der Waals surface area contributed by atoms with Crippen molar-refractivity contribution in [2.45, 2.75) is 38.4 Å². The molecule has 29 heavy (non-hydrogen) atoms. The molecule has 4 atom stereocenters. The van der Waals surface area contributed by atoms with E-state index < -0.39 is 0 Å². The minimum atomic E-state index is -0.326. The third-order valence-corrected chi connectivity index (χ3v) is 7.10. The molecule has 0 saturated carbocycles. The van der Waals surface area contributed by atoms with E-state index in [0.717, 1.165) is 30.0 Å². The van der Waals surface area contributed by atoms with Crippen LogP contribution in [0.1, 0.15) is 23.4 Å². The summed E-state index contributed by atoms with van der Waals surface area (Å²) >= 11 is 0. The molecule has 2 aromatic heterocycles. The molecule has 0 radical (unpaired) electrons. The van der Waals surface area contributed by atoms with Gasteiger partial charge in [-0.15, -0.1) is 0 Å². The molecule has 0 unspecified atom stereocenters. The number of aryl methyl sites for hydroxylation is 2. The van der Waals surface area contributed by atoms with E-state index in [2.05, 4.69) is 27.0 Å². The summed E-state index contributed by atoms with van der Waals surface area (Å²) in [5.74, 6) is 1.05. The predicted molar refractivity (Wildman–Crippen MR) is 104 cm³/mol. The van der Waals surface area contributed by atoms with Crippen molar-refractivity contribution >= 4 is 11.7 Å². The number of ether oxygens (including phenoxy) is 1. The number of aromatic nitrogens is 4. The van der Waals surface area contributed by atoms with Gasteiger partial charge in [0.05, 0.1) is 12.6 Å². The van der Waals surface area contributed by atoms with Crippen LogP contribution in [0.2, 0.25) is 0 Å². The average Bonchev–Trinajstić information content (AvgIpc) is 3.31. The van der Waals surface area contributed by atoms with Gasteiger partial charge < -0.3 is 19.6 Å². The van der Waals surface area contributed by atoms with Crippen molar-refractivity contribution < 1.29 is 14.6 Å². The fourth-order valence-corrected chi connectivity index (χ4v) is 5.75. The summed E-state index contributed by atoms with van der Waals surface area (Å²) in [5.41, 5.74) is 2.60. The van der Waals surface area contributed by atoms with Gasteiger partial charge in [-0.25, -0.2) is 9.50 Å². The Hall–Kier alpha value is -2.10. The lowest BCUT2D eigenvalue weighted by atomic mass is 9.83. The molecule has 9 heteroatoms. The van der Waals surface area contributed by atoms with Crippen molar-refractivity contribution in [2.75, 3.05) is 39.8 Å². The van der Waals surface area contributed by atoms with E-state index in [1.807, 2.05) is 18.7 Å². The zero-order valence-corrected chi connectivity index (χ0v) is 17.2. The van der Waals surface area contributed by atoms with Crippen LogP contribution in [-0.2, 0) is 16.0 Å². The second kappa shape index (κ2) is 6.72. The van der Waals surface area contributed by atoms with E-state index >= 15 is 0 Å². The van der Waals surface area contributed by atoms with Crippen molar-refractivity contribution in [1.29, 1.82) is 0 Å². The van der Waals surface area contributed by atoms with Crippen LogP contribution in [0.15, 0.2) is 6.33 Å². The summed E-state index contributed by atoms with van der Waals surface area (Å²) in [6.07, 6.45) is 2.63. The monoisotopic (exact) mass is 400 g/mol. The molecule has 2 aromatic rings. The molecular weight excluding hydrogens is 372 g/mol. The molecule has 9 nitrogen and oxygen atoms in total. The summed E-state index contributed by atoms with van der Waals surface area (Å²) in [6.45, 7) is 7.03. The highest BCUT2D eigenvalue weighted by molar-refractivity contribution is 5.77. The molecule has 0 aromatic carbocycles. The largest absolute Gasteiger partial charge is 0.396 e. The van der Waals surface area contributed by atoms with Crippen molar-refractivity contribution in [2.24, 2.45) is 11.8 Å². The molecule has 3 aliphatic rings. The minimum Gasteiger partial charge on any atom is -0.396 e. The highest BCUT2D eigenvalue weighted by atomic mass is 16.5. The Labute approximate surface area is 169 Å². The van der Waals surface area contributed by atoms with E-state index in [0.29, 0.717) is 31.7 Å². The van der Waals surface area contributed by atoms with Crippen molar-refractivity contribution in [3.8, 4) is 0 Å². The minimum absolute atomic E-state index is 0.0757. The molecule has 5 heterocycles. The van der Waals surface area contributed by atoms with E-state index in [1.165, 1.54) is 6.33 Å². The first-order chi connectivity index (χ1) is 13.9. The molecule has 1 N–H and O–H groups in total. The van der Waals surface area contributed by atoms with E-state index in [9.17, 15) is 9.90 Å². The first kappa shape index (κ1) is 18.9. The van der Waals surface area contributed by atoms with E-state index in [4.69, 9.17) is 4.74 Å². The molecule has 3 aliphatic heterocycles. The second-order valence-electron chi connectivity index (χ2n) is 8.88. The van der Waals surface area contributed by atoms with Crippen LogP contribution in [0, 0.1) is 25.7 Å². The van der Waals surface area contributed by atoms with Gasteiger partial charge in [0, 0.05) is 55.9 Å². The van der Waals surface area contributed by atoms with Gasteiger partial charge in [-0.1, -0.05) is 0 Å². The fraction of sp³-hybridized carbons (Fsp3) is 0.700. The summed E-state index contributed by atoms with van der Waals surface area (Å²) < 4.78 is 8.11. The molecule has 3 saturated heterocycles. The number of aliphatic hydroxyl groups is 1. The number of fused-ring (bicyclic) bond motifs is 2. The highest BCUT2D eigenvalue weighted by Crippen LogP contribution is 2.48. The van der Waals surface area contributed by atoms with Crippen LogP contribution in [0.3, 0.4) is 0 Å². The third-order valence-electron chi connectivity index (χ3n) is 7.10. The van der Waals surface area contributed by atoms with Gasteiger partial charge >= 0.3 is 0 Å². The molecule has 1 amide bonds. The van der Waals surface area contributed by atoms with Gasteiger partial charge in [0.25, 0.3) is 5.78 Å². The number of likely N-dealkylation sites (N-methyl/N-ethyl adjacent to an activating group) is 1. The topological polar surface area (TPSA) is 96.1 Å². The number of aliphatic hydroxyl groups excluding tert-OH is 1. The lowest BCUT2D eigenvalue weighted by Gasteiger charge is -2.38. The van der Waals surface area contributed by atoms with E-state index in [-0.39, 0.29) is 36.1 Å². The van der Waals surface area contributed by atoms with Gasteiger partial charge in [0.1, 0.15) is 11.9 Å². The molecular formula is C20H28N6O3. The lowest BCUT2D eigenvalue weighted by molar-refractivity contribution is -0.137. The number of amides is 1. The summed E-state index contributed by atoms with van der Waals surface area (Å²) in [6, 6.07) is 0. The third kappa shape index (κ3) is 2.86. The number of nitrogens with zero attached hydrogens (tertiary/aromatic N) is 6. The first-order valence-electron chi connectivity index (χ1n) is 10.3. The van der Waals surface area contributed by atoms with Crippen LogP contribution in [0.4, 0.5) is 0 Å².